The van der Waals surface area contributed by atoms with Gasteiger partial charge in [0.1, 0.15) is 0 Å². The van der Waals surface area contributed by atoms with Crippen molar-refractivity contribution in [3.05, 3.63) is 120 Å². The zero-order valence-corrected chi connectivity index (χ0v) is 34.1. The van der Waals surface area contributed by atoms with Gasteiger partial charge in [-0.25, -0.2) is 0 Å². The Labute approximate surface area is 307 Å². The van der Waals surface area contributed by atoms with Crippen LogP contribution in [-0.2, 0) is 36.8 Å². The Morgan fingerprint density at radius 1 is 0.735 bits per heavy atom. The molecule has 0 radical (unpaired) electrons. The van der Waals surface area contributed by atoms with Crippen molar-refractivity contribution in [2.75, 3.05) is 0 Å². The molecule has 0 aromatic heterocycles. The molecule has 0 N–H and O–H groups in total. The van der Waals surface area contributed by atoms with Gasteiger partial charge in [-0.3, -0.25) is 0 Å². The van der Waals surface area contributed by atoms with Crippen LogP contribution in [0.3, 0.4) is 0 Å². The molecule has 3 aromatic carbocycles. The van der Waals surface area contributed by atoms with Gasteiger partial charge in [-0.05, 0) is 0 Å². The summed E-state index contributed by atoms with van der Waals surface area (Å²) >= 11 is -4.21. The van der Waals surface area contributed by atoms with E-state index in [4.69, 9.17) is 4.21 Å². The minimum absolute atomic E-state index is 0. The first-order valence-electron chi connectivity index (χ1n) is 17.0. The molecule has 3 aromatic rings. The monoisotopic (exact) mass is 779 g/mol. The molecule has 0 aliphatic heterocycles. The second kappa shape index (κ2) is 12.2. The normalized spacial score (nSPS) is 20.5. The maximum absolute atomic E-state index is 13.9. The second-order valence-corrected chi connectivity index (χ2v) is 25.1. The molecule has 4 aliphatic carbocycles. The van der Waals surface area contributed by atoms with E-state index in [1.165, 1.54) is 82.2 Å². The number of alkyl halides is 3. The van der Waals surface area contributed by atoms with Crippen LogP contribution in [0.5, 0.6) is 0 Å². The van der Waals surface area contributed by atoms with E-state index in [2.05, 4.69) is 112 Å². The van der Waals surface area contributed by atoms with Crippen LogP contribution in [-0.4, -0.2) is 4.21 Å². The fourth-order valence-corrected chi connectivity index (χ4v) is 22.0. The minimum Gasteiger partial charge on any atom is -1.00 e. The third-order valence-electron chi connectivity index (χ3n) is 11.7. The molecule has 0 bridgehead atoms. The molecule has 257 valence electrons. The minimum atomic E-state index is -4.39. The summed E-state index contributed by atoms with van der Waals surface area (Å²) in [5.41, 5.74) is 14.9. The maximum Gasteiger partial charge on any atom is -1.00 e. The third kappa shape index (κ3) is 5.54. The number of fused-ring (bicyclic) bond motifs is 5. The van der Waals surface area contributed by atoms with Crippen molar-refractivity contribution in [3.63, 3.8) is 0 Å². The Hall–Kier alpha value is -2.26. The van der Waals surface area contributed by atoms with Crippen molar-refractivity contribution in [1.82, 2.24) is 0 Å². The van der Waals surface area contributed by atoms with Crippen molar-refractivity contribution >= 4 is 18.6 Å². The summed E-state index contributed by atoms with van der Waals surface area (Å²) in [5, 5.41) is 0. The van der Waals surface area contributed by atoms with Crippen molar-refractivity contribution in [2.24, 2.45) is 11.8 Å². The number of allylic oxidation sites excluding steroid dienone is 8. The van der Waals surface area contributed by atoms with E-state index in [1.807, 2.05) is 0 Å². The maximum atomic E-state index is 13.9. The predicted molar refractivity (Wildman–Crippen MR) is 190 cm³/mol. The summed E-state index contributed by atoms with van der Waals surface area (Å²) < 4.78 is 49.6. The fourth-order valence-electron chi connectivity index (χ4n) is 9.76. The zero-order chi connectivity index (χ0) is 34.2. The number of hydrogen-bond acceptors (Lipinski definition) is 0. The molecule has 0 saturated heterocycles. The van der Waals surface area contributed by atoms with E-state index in [-0.39, 0.29) is 45.2 Å². The van der Waals surface area contributed by atoms with E-state index >= 15 is 0 Å². The summed E-state index contributed by atoms with van der Waals surface area (Å²) in [6.07, 6.45) is 2.77. The Morgan fingerprint density at radius 2 is 1.18 bits per heavy atom. The topological polar surface area (TPSA) is 0 Å². The van der Waals surface area contributed by atoms with Crippen LogP contribution in [0, 0.1) is 11.8 Å². The van der Waals surface area contributed by atoms with E-state index in [0.29, 0.717) is 5.92 Å². The number of halogens is 5. The smallest absolute Gasteiger partial charge is 1.00 e. The third-order valence-corrected chi connectivity index (χ3v) is 23.4. The van der Waals surface area contributed by atoms with Crippen LogP contribution < -0.4 is 28.1 Å². The largest absolute Gasteiger partial charge is 1.00 e. The molecule has 0 fully saturated rings. The molecule has 0 spiro atoms. The molecule has 0 amide bonds. The van der Waals surface area contributed by atoms with Crippen LogP contribution in [0.1, 0.15) is 112 Å². The SMILES string of the molecule is [CH2]=[Zr+2]([C]1=C(C)C(C(C)C)=CC1C)([c]1ccc(C(F)(F)F)cc1)[CH]1c2cc3c(cc2-c2cc4c(cc21)C(C)(C)C=C4C)C(C)=CC3(C)C.[Cl-].[Cl-]. The van der Waals surface area contributed by atoms with Crippen LogP contribution in [0.15, 0.2) is 81.2 Å². The molecule has 7 rings (SSSR count). The van der Waals surface area contributed by atoms with Crippen molar-refractivity contribution in [3.8, 4) is 11.1 Å². The summed E-state index contributed by atoms with van der Waals surface area (Å²) in [5.74, 6) is 0.539. The molecule has 4 aliphatic rings. The number of benzene rings is 3. The number of hydrogen-bond donors (Lipinski definition) is 0. The summed E-state index contributed by atoms with van der Waals surface area (Å²) in [7, 11) is 0. The van der Waals surface area contributed by atoms with Crippen LogP contribution in [0.2, 0.25) is 0 Å². The summed E-state index contributed by atoms with van der Waals surface area (Å²) in [4.78, 5) is 0. The molecule has 0 saturated carbocycles. The molecule has 49 heavy (non-hydrogen) atoms. The van der Waals surface area contributed by atoms with Gasteiger partial charge in [0.05, 0.1) is 0 Å². The molecule has 2 atom stereocenters. The van der Waals surface area contributed by atoms with Gasteiger partial charge in [-0.1, -0.05) is 0 Å². The van der Waals surface area contributed by atoms with Crippen molar-refractivity contribution in [2.45, 2.75) is 89.9 Å². The molecule has 0 nitrogen and oxygen atoms in total. The van der Waals surface area contributed by atoms with E-state index in [1.54, 1.807) is 12.1 Å². The van der Waals surface area contributed by atoms with Gasteiger partial charge in [-0.15, -0.1) is 0 Å². The van der Waals surface area contributed by atoms with E-state index in [9.17, 15) is 13.2 Å². The second-order valence-electron chi connectivity index (χ2n) is 16.2. The van der Waals surface area contributed by atoms with Crippen molar-refractivity contribution < 1.29 is 57.8 Å². The molecule has 6 heteroatoms. The van der Waals surface area contributed by atoms with Crippen LogP contribution >= 0.6 is 0 Å². The van der Waals surface area contributed by atoms with Gasteiger partial charge in [0.2, 0.25) is 0 Å². The number of rotatable bonds is 4. The van der Waals surface area contributed by atoms with Crippen LogP contribution in [0.25, 0.3) is 22.3 Å². The Balaban J connectivity index is 0.00000234. The first-order valence-corrected chi connectivity index (χ1v) is 22.6. The first kappa shape index (κ1) is 38.0. The van der Waals surface area contributed by atoms with Gasteiger partial charge in [-0.2, -0.15) is 0 Å². The van der Waals surface area contributed by atoms with Crippen molar-refractivity contribution in [1.29, 1.82) is 0 Å². The van der Waals surface area contributed by atoms with Gasteiger partial charge in [0.15, 0.2) is 0 Å². The first-order chi connectivity index (χ1) is 21.8. The average Bonchev–Trinajstić information content (AvgIpc) is 3.61. The predicted octanol–water partition coefficient (Wildman–Crippen LogP) is 5.59. The quantitative estimate of drug-likeness (QED) is 0.324. The Bertz CT molecular complexity index is 1980. The Kier molecular flexibility index (Phi) is 9.43. The van der Waals surface area contributed by atoms with Gasteiger partial charge in [0, 0.05) is 0 Å². The molecule has 2 unspecified atom stereocenters. The van der Waals surface area contributed by atoms with Gasteiger partial charge >= 0.3 is 285 Å². The molecular weight excluding hydrogens is 736 g/mol. The fraction of sp³-hybridized carbons (Fsp3) is 0.372. The standard InChI is InChI=1S/C25H25.C10H15.C7H4F3.CH2.2ClH.Zr/c1-14-12-24(3,4)22-8-16-7-17-9-23-19(15(2)13-25(23,5)6)11-21(17)20(16)10-18(14)22;1-7(2)10-6-8(3)5-9(10)4;8-7(9,10)6-4-2-1-3-5-6;;;;/h7-13H,1-6H3;6-8H,1-4H3;2-5H;1H2;2*1H;/q;;;;;;+2/p-2. The van der Waals surface area contributed by atoms with Crippen LogP contribution in [0.4, 0.5) is 13.2 Å². The Morgan fingerprint density at radius 3 is 1.57 bits per heavy atom. The van der Waals surface area contributed by atoms with Gasteiger partial charge < -0.3 is 24.8 Å². The summed E-state index contributed by atoms with van der Waals surface area (Å²) in [6.45, 7) is 22.6. The zero-order valence-electron chi connectivity index (χ0n) is 30.2. The summed E-state index contributed by atoms with van der Waals surface area (Å²) in [6, 6.07) is 16.0. The van der Waals surface area contributed by atoms with Gasteiger partial charge in [0.25, 0.3) is 0 Å². The van der Waals surface area contributed by atoms with E-state index in [0.717, 1.165) is 3.27 Å². The average molecular weight is 782 g/mol. The molecule has 0 heterocycles. The molecular formula is C43H46Cl2F3Zr. The van der Waals surface area contributed by atoms with E-state index < -0.39 is 31.5 Å².